The van der Waals surface area contributed by atoms with Crippen LogP contribution in [0.25, 0.3) is 0 Å². The van der Waals surface area contributed by atoms with E-state index in [-0.39, 0.29) is 30.4 Å². The first-order valence-corrected chi connectivity index (χ1v) is 15.6. The molecule has 4 heterocycles. The van der Waals surface area contributed by atoms with Crippen molar-refractivity contribution in [2.45, 2.75) is 56.8 Å². The Kier molecular flexibility index (Phi) is 9.16. The molecule has 2 fully saturated rings. The average Bonchev–Trinajstić information content (AvgIpc) is 3.45. The first-order chi connectivity index (χ1) is 20.1. The van der Waals surface area contributed by atoms with Crippen LogP contribution in [-0.2, 0) is 17.8 Å². The highest BCUT2D eigenvalue weighted by Crippen LogP contribution is 2.32. The molecule has 2 aromatic rings. The van der Waals surface area contributed by atoms with Gasteiger partial charge in [-0.1, -0.05) is 17.5 Å². The maximum atomic E-state index is 13.8. The number of nitrogens with one attached hydrogen (secondary N) is 2. The summed E-state index contributed by atoms with van der Waals surface area (Å²) in [5.41, 5.74) is 8.64. The number of halogens is 1. The predicted octanol–water partition coefficient (Wildman–Crippen LogP) is 3.65. The molecule has 5 rings (SSSR count). The summed E-state index contributed by atoms with van der Waals surface area (Å²) in [5.74, 6) is 2.43. The molecule has 3 aliphatic rings. The number of terminal acetylenes is 1. The molecule has 0 bridgehead atoms. The Morgan fingerprint density at radius 1 is 1.19 bits per heavy atom. The molecule has 12 heteroatoms. The van der Waals surface area contributed by atoms with E-state index < -0.39 is 6.04 Å². The second-order valence-corrected chi connectivity index (χ2v) is 12.8. The van der Waals surface area contributed by atoms with Crippen molar-refractivity contribution in [3.05, 3.63) is 45.3 Å². The van der Waals surface area contributed by atoms with E-state index in [1.165, 1.54) is 11.3 Å². The van der Waals surface area contributed by atoms with Crippen LogP contribution < -0.4 is 16.4 Å². The third kappa shape index (κ3) is 6.46. The van der Waals surface area contributed by atoms with E-state index in [2.05, 4.69) is 35.5 Å². The first kappa shape index (κ1) is 30.0. The van der Waals surface area contributed by atoms with E-state index in [4.69, 9.17) is 23.8 Å². The van der Waals surface area contributed by atoms with Gasteiger partial charge in [0.2, 0.25) is 5.91 Å². The Morgan fingerprint density at radius 2 is 1.88 bits per heavy atom. The molecule has 1 atom stereocenters. The number of piperidine rings is 2. The van der Waals surface area contributed by atoms with Gasteiger partial charge in [-0.25, -0.2) is 9.59 Å². The van der Waals surface area contributed by atoms with E-state index >= 15 is 0 Å². The average molecular weight is 612 g/mol. The Labute approximate surface area is 256 Å². The highest BCUT2D eigenvalue weighted by Gasteiger charge is 2.35. The van der Waals surface area contributed by atoms with Gasteiger partial charge in [0.05, 0.1) is 17.3 Å². The third-order valence-corrected chi connectivity index (χ3v) is 9.83. The highest BCUT2D eigenvalue weighted by atomic mass is 35.5. The lowest BCUT2D eigenvalue weighted by Gasteiger charge is -2.40. The van der Waals surface area contributed by atoms with Crippen LogP contribution in [0.5, 0.6) is 0 Å². The lowest BCUT2D eigenvalue weighted by atomic mass is 9.99. The third-order valence-electron chi connectivity index (χ3n) is 8.65. The minimum atomic E-state index is -0.790. The van der Waals surface area contributed by atoms with Crippen LogP contribution in [0.3, 0.4) is 0 Å². The number of thiophene rings is 1. The summed E-state index contributed by atoms with van der Waals surface area (Å²) in [5, 5.41) is 9.21. The SMILES string of the molecule is C#Cc1cc(C[C@@H](NC(=O)N2CCC(N3Cc4ccsc4NC3=O)CC2)C(=O)N2CCC(N(C)C)CC2)cc(Cl)c1N. The number of benzene rings is 1. The van der Waals surface area contributed by atoms with Crippen molar-refractivity contribution in [1.82, 2.24) is 24.9 Å². The maximum Gasteiger partial charge on any atom is 0.323 e. The van der Waals surface area contributed by atoms with Gasteiger partial charge < -0.3 is 30.7 Å². The standard InChI is InChI=1S/C30H38ClN7O3S/c1-4-20-15-19(16-24(31)26(20)32)17-25(28(39)36-10-5-22(6-11-36)35(2)3)33-29(40)37-12-7-23(8-13-37)38-18-21-9-14-42-27(21)34-30(38)41/h1,9,14-16,22-23,25H,5-8,10-13,17-18,32H2,2-3H3,(H,33,40)(H,34,41)/t25-/m1/s1. The Balaban J connectivity index is 1.25. The van der Waals surface area contributed by atoms with Gasteiger partial charge in [-0.3, -0.25) is 10.1 Å². The summed E-state index contributed by atoms with van der Waals surface area (Å²) in [4.78, 5) is 47.7. The van der Waals surface area contributed by atoms with E-state index in [1.54, 1.807) is 17.0 Å². The number of nitrogens with zero attached hydrogens (tertiary/aromatic N) is 4. The zero-order valence-electron chi connectivity index (χ0n) is 24.1. The van der Waals surface area contributed by atoms with Gasteiger partial charge in [0, 0.05) is 55.8 Å². The van der Waals surface area contributed by atoms with Crippen LogP contribution >= 0.6 is 22.9 Å². The Morgan fingerprint density at radius 3 is 2.55 bits per heavy atom. The van der Waals surface area contributed by atoms with Crippen molar-refractivity contribution < 1.29 is 14.4 Å². The fourth-order valence-electron chi connectivity index (χ4n) is 6.08. The molecule has 0 unspecified atom stereocenters. The minimum absolute atomic E-state index is 0.0385. The number of amides is 5. The van der Waals surface area contributed by atoms with E-state index in [9.17, 15) is 14.4 Å². The number of anilines is 2. The lowest BCUT2D eigenvalue weighted by Crippen LogP contribution is -2.57. The fraction of sp³-hybridized carbons (Fsp3) is 0.500. The Hall–Kier alpha value is -3.46. The molecule has 3 aliphatic heterocycles. The summed E-state index contributed by atoms with van der Waals surface area (Å²) in [6, 6.07) is 4.78. The van der Waals surface area contributed by atoms with Crippen molar-refractivity contribution in [3.63, 3.8) is 0 Å². The molecule has 0 aliphatic carbocycles. The normalized spacial score (nSPS) is 18.8. The monoisotopic (exact) mass is 611 g/mol. The number of rotatable bonds is 6. The van der Waals surface area contributed by atoms with Crippen LogP contribution in [0.1, 0.15) is 42.4 Å². The minimum Gasteiger partial charge on any atom is -0.397 e. The fourth-order valence-corrected chi connectivity index (χ4v) is 7.12. The van der Waals surface area contributed by atoms with E-state index in [0.29, 0.717) is 67.9 Å². The molecule has 10 nitrogen and oxygen atoms in total. The molecule has 1 aromatic heterocycles. The highest BCUT2D eigenvalue weighted by molar-refractivity contribution is 7.14. The number of carbonyl (C=O) groups excluding carboxylic acids is 3. The number of hydrogen-bond donors (Lipinski definition) is 3. The molecular weight excluding hydrogens is 574 g/mol. The van der Waals surface area contributed by atoms with Crippen molar-refractivity contribution >= 4 is 51.6 Å². The van der Waals surface area contributed by atoms with Gasteiger partial charge in [0.1, 0.15) is 11.0 Å². The van der Waals surface area contributed by atoms with Crippen molar-refractivity contribution in [2.24, 2.45) is 0 Å². The van der Waals surface area contributed by atoms with Gasteiger partial charge in [-0.15, -0.1) is 17.8 Å². The molecule has 42 heavy (non-hydrogen) atoms. The Bertz CT molecular complexity index is 1370. The van der Waals surface area contributed by atoms with Crippen LogP contribution in [0.15, 0.2) is 23.6 Å². The van der Waals surface area contributed by atoms with Crippen LogP contribution in [0.4, 0.5) is 20.3 Å². The molecular formula is C30H38ClN7O3S. The van der Waals surface area contributed by atoms with Gasteiger partial charge in [-0.05, 0) is 68.9 Å². The number of hydrogen-bond acceptors (Lipinski definition) is 6. The first-order valence-electron chi connectivity index (χ1n) is 14.3. The predicted molar refractivity (Wildman–Crippen MR) is 167 cm³/mol. The summed E-state index contributed by atoms with van der Waals surface area (Å²) in [6.07, 6.45) is 8.94. The molecule has 1 aromatic carbocycles. The summed E-state index contributed by atoms with van der Waals surface area (Å²) >= 11 is 7.87. The molecule has 0 spiro atoms. The quantitative estimate of drug-likeness (QED) is 0.341. The van der Waals surface area contributed by atoms with Crippen molar-refractivity contribution in [2.75, 3.05) is 51.3 Å². The molecule has 0 saturated carbocycles. The van der Waals surface area contributed by atoms with E-state index in [0.717, 1.165) is 29.0 Å². The van der Waals surface area contributed by atoms with Crippen LogP contribution in [0, 0.1) is 12.3 Å². The van der Waals surface area contributed by atoms with Gasteiger partial charge in [-0.2, -0.15) is 0 Å². The topological polar surface area (TPSA) is 114 Å². The van der Waals surface area contributed by atoms with Gasteiger partial charge >= 0.3 is 12.1 Å². The lowest BCUT2D eigenvalue weighted by molar-refractivity contribution is -0.134. The number of carbonyl (C=O) groups is 3. The number of urea groups is 2. The zero-order valence-corrected chi connectivity index (χ0v) is 25.6. The number of fused-ring (bicyclic) bond motifs is 1. The summed E-state index contributed by atoms with van der Waals surface area (Å²) in [6.45, 7) is 2.80. The number of likely N-dealkylation sites (tertiary alicyclic amines) is 2. The molecule has 5 amide bonds. The molecule has 2 saturated heterocycles. The second-order valence-electron chi connectivity index (χ2n) is 11.5. The van der Waals surface area contributed by atoms with Crippen molar-refractivity contribution in [1.29, 1.82) is 0 Å². The number of nitrogens with two attached hydrogens (primary N) is 1. The smallest absolute Gasteiger partial charge is 0.323 e. The van der Waals surface area contributed by atoms with Gasteiger partial charge in [0.25, 0.3) is 0 Å². The number of nitrogen functional groups attached to an aromatic ring is 1. The second kappa shape index (κ2) is 12.8. The summed E-state index contributed by atoms with van der Waals surface area (Å²) in [7, 11) is 4.11. The molecule has 224 valence electrons. The van der Waals surface area contributed by atoms with Crippen LogP contribution in [0.2, 0.25) is 5.02 Å². The zero-order chi connectivity index (χ0) is 30.0. The largest absolute Gasteiger partial charge is 0.397 e. The van der Waals surface area contributed by atoms with Gasteiger partial charge in [0.15, 0.2) is 0 Å². The molecule has 4 N–H and O–H groups in total. The molecule has 0 radical (unpaired) electrons. The summed E-state index contributed by atoms with van der Waals surface area (Å²) < 4.78 is 0. The van der Waals surface area contributed by atoms with E-state index in [1.807, 2.05) is 21.2 Å². The maximum absolute atomic E-state index is 13.8. The van der Waals surface area contributed by atoms with Crippen LogP contribution in [-0.4, -0.2) is 96.0 Å². The van der Waals surface area contributed by atoms with Crippen molar-refractivity contribution in [3.8, 4) is 12.3 Å².